The van der Waals surface area contributed by atoms with Gasteiger partial charge in [-0.3, -0.25) is 4.99 Å². The lowest BCUT2D eigenvalue weighted by atomic mass is 10.1. The molecule has 1 aliphatic heterocycles. The molecule has 2 rings (SSSR count). The van der Waals surface area contributed by atoms with Gasteiger partial charge in [-0.1, -0.05) is 20.3 Å². The van der Waals surface area contributed by atoms with Crippen LogP contribution in [0.5, 0.6) is 0 Å². The van der Waals surface area contributed by atoms with E-state index in [2.05, 4.69) is 40.8 Å². The van der Waals surface area contributed by atoms with Gasteiger partial charge < -0.3 is 15.3 Å². The van der Waals surface area contributed by atoms with Crippen molar-refractivity contribution in [2.45, 2.75) is 44.5 Å². The van der Waals surface area contributed by atoms with E-state index in [9.17, 15) is 5.11 Å². The molecular formula is C15H30IN3OS. The van der Waals surface area contributed by atoms with Crippen LogP contribution in [0, 0.1) is 11.8 Å². The zero-order chi connectivity index (χ0) is 14.5. The summed E-state index contributed by atoms with van der Waals surface area (Å²) < 4.78 is 0. The Morgan fingerprint density at radius 3 is 2.76 bits per heavy atom. The molecule has 1 saturated heterocycles. The van der Waals surface area contributed by atoms with E-state index in [-0.39, 0.29) is 30.1 Å². The van der Waals surface area contributed by atoms with E-state index in [0.29, 0.717) is 17.1 Å². The zero-order valence-electron chi connectivity index (χ0n) is 13.4. The summed E-state index contributed by atoms with van der Waals surface area (Å²) in [5.41, 5.74) is 0. The molecule has 0 radical (unpaired) electrons. The van der Waals surface area contributed by atoms with Crippen LogP contribution in [-0.2, 0) is 0 Å². The fraction of sp³-hybridized carbons (Fsp3) is 0.933. The SMILES string of the molecule is CN=C(NCC1CCCC1O)N1CCSC(C(C)C)C1.I. The van der Waals surface area contributed by atoms with Gasteiger partial charge in [0, 0.05) is 43.6 Å². The Kier molecular flexibility index (Phi) is 8.71. The Balaban J connectivity index is 0.00000220. The molecule has 1 heterocycles. The van der Waals surface area contributed by atoms with E-state index in [1.807, 2.05) is 7.05 Å². The summed E-state index contributed by atoms with van der Waals surface area (Å²) in [7, 11) is 1.86. The molecule has 0 aromatic rings. The highest BCUT2D eigenvalue weighted by molar-refractivity contribution is 14.0. The Morgan fingerprint density at radius 2 is 2.19 bits per heavy atom. The van der Waals surface area contributed by atoms with Gasteiger partial charge in [0.2, 0.25) is 0 Å². The average Bonchev–Trinajstić information content (AvgIpc) is 2.85. The van der Waals surface area contributed by atoms with Crippen molar-refractivity contribution in [1.29, 1.82) is 0 Å². The third-order valence-electron chi connectivity index (χ3n) is 4.49. The molecule has 6 heteroatoms. The number of rotatable bonds is 3. The van der Waals surface area contributed by atoms with Crippen LogP contribution in [0.1, 0.15) is 33.1 Å². The molecule has 0 aromatic carbocycles. The van der Waals surface area contributed by atoms with Crippen LogP contribution in [0.2, 0.25) is 0 Å². The second-order valence-electron chi connectivity index (χ2n) is 6.29. The highest BCUT2D eigenvalue weighted by atomic mass is 127. The molecule has 1 aliphatic carbocycles. The van der Waals surface area contributed by atoms with Gasteiger partial charge in [0.05, 0.1) is 6.10 Å². The minimum atomic E-state index is -0.124. The Morgan fingerprint density at radius 1 is 1.43 bits per heavy atom. The lowest BCUT2D eigenvalue weighted by Crippen LogP contribution is -2.50. The molecule has 2 N–H and O–H groups in total. The third kappa shape index (κ3) is 5.46. The first kappa shape index (κ1) is 19.4. The van der Waals surface area contributed by atoms with Crippen LogP contribution in [0.3, 0.4) is 0 Å². The van der Waals surface area contributed by atoms with Crippen LogP contribution < -0.4 is 5.32 Å². The molecule has 0 aromatic heterocycles. The molecule has 3 atom stereocenters. The first-order valence-corrected chi connectivity index (χ1v) is 8.92. The summed E-state index contributed by atoms with van der Waals surface area (Å²) in [6.45, 7) is 7.60. The fourth-order valence-corrected chi connectivity index (χ4v) is 4.38. The number of aliphatic imine (C=N–C) groups is 1. The number of hydrogen-bond acceptors (Lipinski definition) is 3. The maximum atomic E-state index is 9.90. The summed E-state index contributed by atoms with van der Waals surface area (Å²) in [6.07, 6.45) is 3.12. The van der Waals surface area contributed by atoms with Crippen molar-refractivity contribution in [3.8, 4) is 0 Å². The Labute approximate surface area is 150 Å². The summed E-state index contributed by atoms with van der Waals surface area (Å²) in [5, 5.41) is 14.1. The van der Waals surface area contributed by atoms with Crippen molar-refractivity contribution in [3.63, 3.8) is 0 Å². The second-order valence-corrected chi connectivity index (χ2v) is 7.63. The minimum absolute atomic E-state index is 0. The lowest BCUT2D eigenvalue weighted by Gasteiger charge is -2.36. The van der Waals surface area contributed by atoms with E-state index < -0.39 is 0 Å². The topological polar surface area (TPSA) is 47.9 Å². The average molecular weight is 427 g/mol. The van der Waals surface area contributed by atoms with Crippen LogP contribution in [0.15, 0.2) is 4.99 Å². The van der Waals surface area contributed by atoms with Gasteiger partial charge in [0.25, 0.3) is 0 Å². The molecule has 21 heavy (non-hydrogen) atoms. The lowest BCUT2D eigenvalue weighted by molar-refractivity contribution is 0.133. The van der Waals surface area contributed by atoms with Gasteiger partial charge in [-0.05, 0) is 18.8 Å². The van der Waals surface area contributed by atoms with E-state index >= 15 is 0 Å². The van der Waals surface area contributed by atoms with E-state index in [4.69, 9.17) is 0 Å². The van der Waals surface area contributed by atoms with Gasteiger partial charge in [0.1, 0.15) is 0 Å². The number of nitrogens with one attached hydrogen (secondary N) is 1. The van der Waals surface area contributed by atoms with Crippen molar-refractivity contribution in [2.24, 2.45) is 16.8 Å². The predicted octanol–water partition coefficient (Wildman–Crippen LogP) is 2.41. The van der Waals surface area contributed by atoms with Crippen molar-refractivity contribution < 1.29 is 5.11 Å². The number of aliphatic hydroxyl groups is 1. The van der Waals surface area contributed by atoms with Crippen LogP contribution >= 0.6 is 35.7 Å². The highest BCUT2D eigenvalue weighted by Gasteiger charge is 2.27. The van der Waals surface area contributed by atoms with Crippen LogP contribution in [0.25, 0.3) is 0 Å². The molecule has 0 amide bonds. The summed E-state index contributed by atoms with van der Waals surface area (Å²) in [6, 6.07) is 0. The largest absolute Gasteiger partial charge is 0.393 e. The first-order chi connectivity index (χ1) is 9.61. The summed E-state index contributed by atoms with van der Waals surface area (Å²) >= 11 is 2.08. The molecule has 3 unspecified atom stereocenters. The van der Waals surface area contributed by atoms with E-state index in [1.54, 1.807) is 0 Å². The standard InChI is InChI=1S/C15H29N3OS.HI/c1-11(2)14-10-18(7-8-20-14)15(16-3)17-9-12-5-4-6-13(12)19;/h11-14,19H,4-10H2,1-3H3,(H,16,17);1H. The minimum Gasteiger partial charge on any atom is -0.393 e. The van der Waals surface area contributed by atoms with Crippen LogP contribution in [-0.4, -0.2) is 59.8 Å². The van der Waals surface area contributed by atoms with Gasteiger partial charge >= 0.3 is 0 Å². The van der Waals surface area contributed by atoms with Crippen molar-refractivity contribution in [2.75, 3.05) is 32.4 Å². The monoisotopic (exact) mass is 427 g/mol. The van der Waals surface area contributed by atoms with E-state index in [0.717, 1.165) is 44.9 Å². The quantitative estimate of drug-likeness (QED) is 0.413. The summed E-state index contributed by atoms with van der Waals surface area (Å²) in [5.74, 6) is 3.29. The smallest absolute Gasteiger partial charge is 0.193 e. The molecular weight excluding hydrogens is 397 g/mol. The van der Waals surface area contributed by atoms with Crippen molar-refractivity contribution in [1.82, 2.24) is 10.2 Å². The fourth-order valence-electron chi connectivity index (χ4n) is 3.08. The molecule has 1 saturated carbocycles. The Bertz CT molecular complexity index is 341. The van der Waals surface area contributed by atoms with Gasteiger partial charge in [-0.2, -0.15) is 11.8 Å². The number of thioether (sulfide) groups is 1. The normalized spacial score (nSPS) is 30.4. The van der Waals surface area contributed by atoms with Gasteiger partial charge in [-0.25, -0.2) is 0 Å². The molecule has 0 bridgehead atoms. The number of guanidine groups is 1. The van der Waals surface area contributed by atoms with Gasteiger partial charge in [-0.15, -0.1) is 24.0 Å². The number of aliphatic hydroxyl groups excluding tert-OH is 1. The maximum Gasteiger partial charge on any atom is 0.193 e. The summed E-state index contributed by atoms with van der Waals surface area (Å²) in [4.78, 5) is 6.81. The number of nitrogens with zero attached hydrogens (tertiary/aromatic N) is 2. The molecule has 4 nitrogen and oxygen atoms in total. The zero-order valence-corrected chi connectivity index (χ0v) is 16.6. The highest BCUT2D eigenvalue weighted by Crippen LogP contribution is 2.26. The molecule has 2 fully saturated rings. The molecule has 124 valence electrons. The van der Waals surface area contributed by atoms with Crippen molar-refractivity contribution in [3.05, 3.63) is 0 Å². The number of halogens is 1. The van der Waals surface area contributed by atoms with Crippen LogP contribution in [0.4, 0.5) is 0 Å². The maximum absolute atomic E-state index is 9.90. The van der Waals surface area contributed by atoms with E-state index in [1.165, 1.54) is 5.75 Å². The second kappa shape index (κ2) is 9.45. The predicted molar refractivity (Wildman–Crippen MR) is 103 cm³/mol. The molecule has 2 aliphatic rings. The first-order valence-electron chi connectivity index (χ1n) is 7.87. The van der Waals surface area contributed by atoms with Gasteiger partial charge in [0.15, 0.2) is 5.96 Å². The molecule has 0 spiro atoms. The number of hydrogen-bond donors (Lipinski definition) is 2. The Hall–Kier alpha value is 0.310. The van der Waals surface area contributed by atoms with Crippen molar-refractivity contribution >= 4 is 41.7 Å². The third-order valence-corrected chi connectivity index (χ3v) is 6.03.